The number of hydrogen-bond donors (Lipinski definition) is 0. The van der Waals surface area contributed by atoms with E-state index in [1.54, 1.807) is 13.4 Å². The van der Waals surface area contributed by atoms with E-state index >= 15 is 0 Å². The molecule has 2 aromatic heterocycles. The second-order valence-corrected chi connectivity index (χ2v) is 7.06. The average Bonchev–Trinajstić information content (AvgIpc) is 3.34. The number of fused-ring (bicyclic) bond motifs is 5. The molecule has 0 saturated carbocycles. The van der Waals surface area contributed by atoms with E-state index in [4.69, 9.17) is 21.1 Å². The van der Waals surface area contributed by atoms with Crippen molar-refractivity contribution in [3.8, 4) is 17.1 Å². The molecule has 138 valence electrons. The number of benzene rings is 1. The largest absolute Gasteiger partial charge is 0.474 e. The molecule has 3 aromatic rings. The Labute approximate surface area is 160 Å². The van der Waals surface area contributed by atoms with Crippen LogP contribution in [0.1, 0.15) is 24.1 Å². The molecule has 8 nitrogen and oxygen atoms in total. The van der Waals surface area contributed by atoms with Gasteiger partial charge in [-0.2, -0.15) is 0 Å². The van der Waals surface area contributed by atoms with Gasteiger partial charge in [0.15, 0.2) is 11.6 Å². The van der Waals surface area contributed by atoms with Crippen molar-refractivity contribution in [3.05, 3.63) is 46.8 Å². The zero-order valence-electron chi connectivity index (χ0n) is 14.9. The van der Waals surface area contributed by atoms with E-state index in [9.17, 15) is 0 Å². The minimum absolute atomic E-state index is 0.128. The van der Waals surface area contributed by atoms with Crippen LogP contribution in [0.15, 0.2) is 29.5 Å². The Morgan fingerprint density at radius 2 is 2.22 bits per heavy atom. The van der Waals surface area contributed by atoms with Crippen molar-refractivity contribution in [2.45, 2.75) is 26.1 Å². The van der Waals surface area contributed by atoms with E-state index in [0.29, 0.717) is 30.7 Å². The summed E-state index contributed by atoms with van der Waals surface area (Å²) in [5, 5.41) is 9.34. The third-order valence-electron chi connectivity index (χ3n) is 4.74. The van der Waals surface area contributed by atoms with E-state index in [0.717, 1.165) is 34.3 Å². The number of imidazole rings is 1. The van der Waals surface area contributed by atoms with Crippen molar-refractivity contribution in [3.63, 3.8) is 0 Å². The van der Waals surface area contributed by atoms with Gasteiger partial charge in [0.2, 0.25) is 5.90 Å². The lowest BCUT2D eigenvalue weighted by Crippen LogP contribution is -2.13. The summed E-state index contributed by atoms with van der Waals surface area (Å²) in [6.07, 6.45) is 1.79. The summed E-state index contributed by atoms with van der Waals surface area (Å²) in [7, 11) is 1.64. The van der Waals surface area contributed by atoms with Gasteiger partial charge >= 0.3 is 0 Å². The first kappa shape index (κ1) is 16.5. The molecule has 2 aliphatic heterocycles. The molecule has 0 N–H and O–H groups in total. The highest BCUT2D eigenvalue weighted by atomic mass is 35.5. The maximum Gasteiger partial charge on any atom is 0.237 e. The van der Waals surface area contributed by atoms with Crippen LogP contribution >= 0.6 is 11.6 Å². The van der Waals surface area contributed by atoms with E-state index < -0.39 is 0 Å². The smallest absolute Gasteiger partial charge is 0.237 e. The van der Waals surface area contributed by atoms with E-state index in [-0.39, 0.29) is 6.04 Å². The fourth-order valence-corrected chi connectivity index (χ4v) is 3.67. The molecule has 2 aliphatic rings. The second-order valence-electron chi connectivity index (χ2n) is 6.62. The van der Waals surface area contributed by atoms with Crippen LogP contribution in [0.3, 0.4) is 0 Å². The highest BCUT2D eigenvalue weighted by Crippen LogP contribution is 2.34. The fraction of sp³-hybridized carbons (Fsp3) is 0.333. The second kappa shape index (κ2) is 6.17. The quantitative estimate of drug-likeness (QED) is 0.542. The predicted octanol–water partition coefficient (Wildman–Crippen LogP) is 2.46. The van der Waals surface area contributed by atoms with Crippen LogP contribution in [0.4, 0.5) is 0 Å². The normalized spacial score (nSPS) is 17.6. The minimum atomic E-state index is 0.128. The Morgan fingerprint density at radius 1 is 1.33 bits per heavy atom. The zero-order valence-corrected chi connectivity index (χ0v) is 15.6. The molecule has 0 aliphatic carbocycles. The molecule has 0 amide bonds. The Balaban J connectivity index is 1.76. The van der Waals surface area contributed by atoms with Crippen LogP contribution in [0.2, 0.25) is 5.02 Å². The molecule has 0 radical (unpaired) electrons. The topological polar surface area (TPSA) is 79.3 Å². The van der Waals surface area contributed by atoms with Crippen LogP contribution in [0.5, 0.6) is 0 Å². The monoisotopic (exact) mass is 384 g/mol. The van der Waals surface area contributed by atoms with Gasteiger partial charge in [-0.25, -0.2) is 9.98 Å². The van der Waals surface area contributed by atoms with Crippen molar-refractivity contribution in [1.82, 2.24) is 24.3 Å². The first-order chi connectivity index (χ1) is 13.2. The highest BCUT2D eigenvalue weighted by Gasteiger charge is 2.29. The minimum Gasteiger partial charge on any atom is -0.474 e. The van der Waals surface area contributed by atoms with Crippen molar-refractivity contribution in [1.29, 1.82) is 0 Å². The van der Waals surface area contributed by atoms with Gasteiger partial charge < -0.3 is 14.0 Å². The molecule has 0 saturated heterocycles. The van der Waals surface area contributed by atoms with Crippen molar-refractivity contribution < 1.29 is 9.47 Å². The zero-order chi connectivity index (χ0) is 18.5. The molecule has 0 fully saturated rings. The molecular weight excluding hydrogens is 368 g/mol. The summed E-state index contributed by atoms with van der Waals surface area (Å²) >= 11 is 6.27. The van der Waals surface area contributed by atoms with Crippen molar-refractivity contribution in [2.24, 2.45) is 4.99 Å². The molecule has 27 heavy (non-hydrogen) atoms. The van der Waals surface area contributed by atoms with Crippen LogP contribution in [-0.2, 0) is 22.6 Å². The van der Waals surface area contributed by atoms with Gasteiger partial charge in [-0.15, -0.1) is 10.2 Å². The lowest BCUT2D eigenvalue weighted by molar-refractivity contribution is 0.174. The van der Waals surface area contributed by atoms with Gasteiger partial charge in [-0.3, -0.25) is 4.57 Å². The number of halogens is 1. The Kier molecular flexibility index (Phi) is 3.76. The fourth-order valence-electron chi connectivity index (χ4n) is 3.50. The maximum atomic E-state index is 6.27. The molecule has 1 aromatic carbocycles. The van der Waals surface area contributed by atoms with Crippen LogP contribution in [0, 0.1) is 0 Å². The van der Waals surface area contributed by atoms with Crippen molar-refractivity contribution >= 4 is 17.5 Å². The molecule has 0 unspecified atom stereocenters. The highest BCUT2D eigenvalue weighted by molar-refractivity contribution is 6.31. The van der Waals surface area contributed by atoms with Gasteiger partial charge in [0.05, 0.1) is 24.0 Å². The maximum absolute atomic E-state index is 6.27. The first-order valence-electron chi connectivity index (χ1n) is 8.64. The van der Waals surface area contributed by atoms with Crippen molar-refractivity contribution in [2.75, 3.05) is 13.7 Å². The standard InChI is InChI=1S/C18H17ClN6O2/c1-10-7-27-18(21-10)16-14-6-24-15(8-26-2)22-23-17(24)12-5-11(19)3-4-13(12)25(14)9-20-16/h3-5,9-10H,6-8H2,1-2H3/t10-/m1/s1. The third kappa shape index (κ3) is 2.55. The Bertz CT molecular complexity index is 1070. The van der Waals surface area contributed by atoms with Crippen LogP contribution < -0.4 is 0 Å². The number of rotatable bonds is 3. The summed E-state index contributed by atoms with van der Waals surface area (Å²) in [4.78, 5) is 9.17. The average molecular weight is 385 g/mol. The number of aromatic nitrogens is 5. The number of hydrogen-bond acceptors (Lipinski definition) is 6. The SMILES string of the molecule is COCc1nnc2n1Cc1c(C3=N[C@H](C)CO3)ncn1-c1ccc(Cl)cc1-2. The molecule has 4 heterocycles. The summed E-state index contributed by atoms with van der Waals surface area (Å²) in [5.41, 5.74) is 3.53. The van der Waals surface area contributed by atoms with Gasteiger partial charge in [-0.1, -0.05) is 11.6 Å². The summed E-state index contributed by atoms with van der Waals surface area (Å²) in [6, 6.07) is 5.85. The summed E-state index contributed by atoms with van der Waals surface area (Å²) in [5.74, 6) is 2.06. The lowest BCUT2D eigenvalue weighted by Gasteiger charge is -2.09. The molecule has 0 spiro atoms. The number of ether oxygens (including phenoxy) is 2. The summed E-state index contributed by atoms with van der Waals surface area (Å²) in [6.45, 7) is 3.48. The van der Waals surface area contributed by atoms with Gasteiger partial charge in [0.25, 0.3) is 0 Å². The Hall–Kier alpha value is -2.71. The van der Waals surface area contributed by atoms with Crippen LogP contribution in [-0.4, -0.2) is 50.0 Å². The third-order valence-corrected chi connectivity index (χ3v) is 4.97. The number of nitrogens with zero attached hydrogens (tertiary/aromatic N) is 6. The predicted molar refractivity (Wildman–Crippen MR) is 99.4 cm³/mol. The van der Waals surface area contributed by atoms with E-state index in [2.05, 4.69) is 20.2 Å². The Morgan fingerprint density at radius 3 is 3.00 bits per heavy atom. The number of aliphatic imine (C=N–C) groups is 1. The molecule has 0 bridgehead atoms. The van der Waals surface area contributed by atoms with Crippen LogP contribution in [0.25, 0.3) is 17.1 Å². The van der Waals surface area contributed by atoms with Gasteiger partial charge in [0.1, 0.15) is 25.2 Å². The number of methoxy groups -OCH3 is 1. The van der Waals surface area contributed by atoms with Gasteiger partial charge in [-0.05, 0) is 25.1 Å². The summed E-state index contributed by atoms with van der Waals surface area (Å²) < 4.78 is 15.1. The molecular formula is C18H17ClN6O2. The van der Waals surface area contributed by atoms with E-state index in [1.807, 2.05) is 34.3 Å². The molecule has 1 atom stereocenters. The molecule has 9 heteroatoms. The van der Waals surface area contributed by atoms with E-state index in [1.165, 1.54) is 0 Å². The first-order valence-corrected chi connectivity index (χ1v) is 9.02. The van der Waals surface area contributed by atoms with Gasteiger partial charge in [0, 0.05) is 17.7 Å². The molecule has 5 rings (SSSR count). The lowest BCUT2D eigenvalue weighted by atomic mass is 10.1.